The van der Waals surface area contributed by atoms with E-state index >= 15 is 0 Å². The van der Waals surface area contributed by atoms with Gasteiger partial charge in [0, 0.05) is 19.7 Å². The number of ether oxygens (including phenoxy) is 1. The lowest BCUT2D eigenvalue weighted by molar-refractivity contribution is 0.140. The first-order valence-electron chi connectivity index (χ1n) is 8.14. The van der Waals surface area contributed by atoms with Crippen LogP contribution in [0.5, 0.6) is 0 Å². The molecule has 1 fully saturated rings. The summed E-state index contributed by atoms with van der Waals surface area (Å²) >= 11 is 0. The van der Waals surface area contributed by atoms with Crippen LogP contribution in [0.2, 0.25) is 0 Å². The maximum absolute atomic E-state index is 12.4. The molecule has 0 atom stereocenters. The lowest BCUT2D eigenvalue weighted by atomic mass is 10.3. The summed E-state index contributed by atoms with van der Waals surface area (Å²) in [6, 6.07) is 9.72. The molecule has 0 aliphatic carbocycles. The van der Waals surface area contributed by atoms with Gasteiger partial charge in [0.05, 0.1) is 25.0 Å². The van der Waals surface area contributed by atoms with Crippen molar-refractivity contribution in [2.24, 2.45) is 0 Å². The van der Waals surface area contributed by atoms with Crippen LogP contribution in [0.4, 0.5) is 0 Å². The zero-order valence-electron chi connectivity index (χ0n) is 13.3. The maximum atomic E-state index is 12.4. The maximum Gasteiger partial charge on any atom is 0.262 e. The third-order valence-corrected chi connectivity index (χ3v) is 4.18. The van der Waals surface area contributed by atoms with Crippen LogP contribution in [0, 0.1) is 0 Å². The first-order chi connectivity index (χ1) is 11.8. The summed E-state index contributed by atoms with van der Waals surface area (Å²) in [6.45, 7) is 3.91. The molecule has 2 aromatic heterocycles. The van der Waals surface area contributed by atoms with Crippen molar-refractivity contribution in [1.82, 2.24) is 24.6 Å². The van der Waals surface area contributed by atoms with Gasteiger partial charge in [0.2, 0.25) is 0 Å². The average molecular weight is 325 g/mol. The number of nitrogens with one attached hydrogen (secondary N) is 1. The number of hydrogen-bond donors (Lipinski definition) is 1. The molecule has 1 aromatic carbocycles. The Hall–Kier alpha value is -2.51. The zero-order chi connectivity index (χ0) is 16.4. The third kappa shape index (κ3) is 2.95. The number of nitrogens with zero attached hydrogens (tertiary/aromatic N) is 4. The smallest absolute Gasteiger partial charge is 0.262 e. The topological polar surface area (TPSA) is 76.0 Å². The number of fused-ring (bicyclic) bond motifs is 1. The van der Waals surface area contributed by atoms with Gasteiger partial charge in [-0.25, -0.2) is 9.67 Å². The largest absolute Gasteiger partial charge is 0.380 e. The second kappa shape index (κ2) is 6.54. The molecule has 1 N–H and O–H groups in total. The van der Waals surface area contributed by atoms with E-state index in [9.17, 15) is 4.79 Å². The minimum atomic E-state index is -0.150. The zero-order valence-corrected chi connectivity index (χ0v) is 13.3. The summed E-state index contributed by atoms with van der Waals surface area (Å²) in [5, 5.41) is 4.83. The second-order valence-electron chi connectivity index (χ2n) is 5.88. The van der Waals surface area contributed by atoms with Crippen molar-refractivity contribution >= 4 is 11.0 Å². The molecule has 0 bridgehead atoms. The molecule has 3 aromatic rings. The molecule has 24 heavy (non-hydrogen) atoms. The molecule has 7 nitrogen and oxygen atoms in total. The fourth-order valence-electron chi connectivity index (χ4n) is 2.96. The summed E-state index contributed by atoms with van der Waals surface area (Å²) in [6.07, 6.45) is 2.56. The summed E-state index contributed by atoms with van der Waals surface area (Å²) in [4.78, 5) is 22.2. The van der Waals surface area contributed by atoms with Gasteiger partial charge in [0.25, 0.3) is 5.56 Å². The number of aromatic amines is 1. The van der Waals surface area contributed by atoms with Gasteiger partial charge < -0.3 is 9.72 Å². The monoisotopic (exact) mass is 325 g/mol. The van der Waals surface area contributed by atoms with Crippen molar-refractivity contribution < 1.29 is 4.74 Å². The molecular weight excluding hydrogens is 306 g/mol. The van der Waals surface area contributed by atoms with E-state index in [1.807, 2.05) is 30.3 Å². The van der Waals surface area contributed by atoms with Gasteiger partial charge in [-0.1, -0.05) is 18.2 Å². The highest BCUT2D eigenvalue weighted by molar-refractivity contribution is 5.75. The Labute approximate surface area is 138 Å². The van der Waals surface area contributed by atoms with Gasteiger partial charge in [-0.05, 0) is 18.6 Å². The Balaban J connectivity index is 1.71. The number of para-hydroxylation sites is 1. The summed E-state index contributed by atoms with van der Waals surface area (Å²) in [7, 11) is 0. The normalized spacial score (nSPS) is 16.3. The van der Waals surface area contributed by atoms with Crippen molar-refractivity contribution in [2.45, 2.75) is 13.0 Å². The van der Waals surface area contributed by atoms with Gasteiger partial charge in [0.15, 0.2) is 5.65 Å². The highest BCUT2D eigenvalue weighted by Gasteiger charge is 2.15. The third-order valence-electron chi connectivity index (χ3n) is 4.18. The van der Waals surface area contributed by atoms with Gasteiger partial charge in [0.1, 0.15) is 11.2 Å². The van der Waals surface area contributed by atoms with E-state index in [1.165, 1.54) is 0 Å². The molecule has 0 radical (unpaired) electrons. The van der Waals surface area contributed by atoms with Gasteiger partial charge in [-0.3, -0.25) is 9.69 Å². The van der Waals surface area contributed by atoms with Crippen LogP contribution >= 0.6 is 0 Å². The lowest BCUT2D eigenvalue weighted by Gasteiger charge is -2.18. The summed E-state index contributed by atoms with van der Waals surface area (Å²) in [5.41, 5.74) is 1.33. The number of aromatic nitrogens is 4. The van der Waals surface area contributed by atoms with Crippen LogP contribution in [0.25, 0.3) is 16.7 Å². The van der Waals surface area contributed by atoms with Crippen molar-refractivity contribution in [3.05, 3.63) is 52.7 Å². The average Bonchev–Trinajstić information content (AvgIpc) is 2.86. The van der Waals surface area contributed by atoms with E-state index in [4.69, 9.17) is 4.74 Å². The molecular formula is C17H19N5O2. The fraction of sp³-hybridized carbons (Fsp3) is 0.353. The number of rotatable bonds is 3. The number of hydrogen-bond acceptors (Lipinski definition) is 5. The SMILES string of the molecule is O=c1[nH]c(CN2CCCOCC2)nc2c1cnn2-c1ccccc1. The molecule has 1 aliphatic rings. The number of benzene rings is 1. The minimum Gasteiger partial charge on any atom is -0.380 e. The van der Waals surface area contributed by atoms with Crippen LogP contribution < -0.4 is 5.56 Å². The lowest BCUT2D eigenvalue weighted by Crippen LogP contribution is -2.28. The van der Waals surface area contributed by atoms with Crippen molar-refractivity contribution in [3.8, 4) is 5.69 Å². The molecule has 0 saturated carbocycles. The molecule has 0 unspecified atom stereocenters. The Bertz CT molecular complexity index is 879. The van der Waals surface area contributed by atoms with Crippen molar-refractivity contribution in [1.29, 1.82) is 0 Å². The van der Waals surface area contributed by atoms with Gasteiger partial charge in [-0.2, -0.15) is 5.10 Å². The van der Waals surface area contributed by atoms with Crippen LogP contribution in [0.15, 0.2) is 41.3 Å². The Kier molecular flexibility index (Phi) is 4.10. The predicted molar refractivity (Wildman–Crippen MR) is 90.2 cm³/mol. The van der Waals surface area contributed by atoms with Crippen LogP contribution in [-0.2, 0) is 11.3 Å². The standard InChI is InChI=1S/C17H19N5O2/c23-17-14-11-18-22(13-5-2-1-3-6-13)16(14)19-15(20-17)12-21-7-4-9-24-10-8-21/h1-3,5-6,11H,4,7-10,12H2,(H,19,20,23). The Morgan fingerprint density at radius 1 is 1.17 bits per heavy atom. The van der Waals surface area contributed by atoms with E-state index in [-0.39, 0.29) is 5.56 Å². The predicted octanol–water partition coefficient (Wildman–Crippen LogP) is 1.33. The highest BCUT2D eigenvalue weighted by atomic mass is 16.5. The van der Waals surface area contributed by atoms with E-state index < -0.39 is 0 Å². The van der Waals surface area contributed by atoms with Crippen LogP contribution in [0.3, 0.4) is 0 Å². The molecule has 124 valence electrons. The van der Waals surface area contributed by atoms with E-state index in [2.05, 4.69) is 20.0 Å². The van der Waals surface area contributed by atoms with Gasteiger partial charge in [-0.15, -0.1) is 0 Å². The molecule has 0 amide bonds. The number of H-pyrrole nitrogens is 1. The molecule has 7 heteroatoms. The summed E-state index contributed by atoms with van der Waals surface area (Å²) in [5.74, 6) is 0.659. The summed E-state index contributed by atoms with van der Waals surface area (Å²) < 4.78 is 7.18. The fourth-order valence-corrected chi connectivity index (χ4v) is 2.96. The Morgan fingerprint density at radius 3 is 2.92 bits per heavy atom. The Morgan fingerprint density at radius 2 is 2.04 bits per heavy atom. The molecule has 4 rings (SSSR count). The van der Waals surface area contributed by atoms with Gasteiger partial charge >= 0.3 is 0 Å². The quantitative estimate of drug-likeness (QED) is 0.786. The minimum absolute atomic E-state index is 0.150. The highest BCUT2D eigenvalue weighted by Crippen LogP contribution is 2.14. The molecule has 1 aliphatic heterocycles. The van der Waals surface area contributed by atoms with E-state index in [0.717, 1.165) is 31.8 Å². The van der Waals surface area contributed by atoms with Crippen LogP contribution in [0.1, 0.15) is 12.2 Å². The van der Waals surface area contributed by atoms with Crippen LogP contribution in [-0.4, -0.2) is 51.0 Å². The molecule has 1 saturated heterocycles. The van der Waals surface area contributed by atoms with E-state index in [0.29, 0.717) is 30.0 Å². The van der Waals surface area contributed by atoms with Crippen molar-refractivity contribution in [3.63, 3.8) is 0 Å². The van der Waals surface area contributed by atoms with Crippen molar-refractivity contribution in [2.75, 3.05) is 26.3 Å². The first-order valence-corrected chi connectivity index (χ1v) is 8.14. The molecule has 3 heterocycles. The first kappa shape index (κ1) is 15.0. The molecule has 0 spiro atoms. The van der Waals surface area contributed by atoms with E-state index in [1.54, 1.807) is 10.9 Å². The second-order valence-corrected chi connectivity index (χ2v) is 5.88.